The Morgan fingerprint density at radius 3 is 2.41 bits per heavy atom. The van der Waals surface area contributed by atoms with Gasteiger partial charge in [0.2, 0.25) is 5.78 Å². The Kier molecular flexibility index (Phi) is 5.88. The number of anilines is 1. The third-order valence-corrected chi connectivity index (χ3v) is 4.89. The number of aryl methyl sites for hydroxylation is 1. The number of ether oxygens (including phenoxy) is 1. The van der Waals surface area contributed by atoms with E-state index in [-0.39, 0.29) is 11.7 Å². The van der Waals surface area contributed by atoms with E-state index in [1.807, 2.05) is 36.6 Å². The zero-order valence-corrected chi connectivity index (χ0v) is 15.9. The zero-order valence-electron chi connectivity index (χ0n) is 15.1. The molecule has 1 aromatic heterocycles. The van der Waals surface area contributed by atoms with Crippen molar-refractivity contribution < 1.29 is 14.3 Å². The Morgan fingerprint density at radius 1 is 1.00 bits per heavy atom. The van der Waals surface area contributed by atoms with Crippen LogP contribution in [0, 0.1) is 6.92 Å². The number of hydrogen-bond acceptors (Lipinski definition) is 5. The average Bonchev–Trinajstić information content (AvgIpc) is 3.23. The SMILES string of the molecule is COc1ccccc1N[C@@H](NC(=O)c1cccs1)C(=O)c1ccc(C)cc1. The van der Waals surface area contributed by atoms with E-state index in [4.69, 9.17) is 4.74 Å². The number of thiophene rings is 1. The highest BCUT2D eigenvalue weighted by molar-refractivity contribution is 7.12. The molecular formula is C21H20N2O3S. The van der Waals surface area contributed by atoms with Crippen LogP contribution in [0.15, 0.2) is 66.0 Å². The zero-order chi connectivity index (χ0) is 19.2. The number of Topliss-reactive ketones (excluding diaryl/α,β-unsaturated/α-hetero) is 1. The number of hydrogen-bond donors (Lipinski definition) is 2. The Morgan fingerprint density at radius 2 is 1.74 bits per heavy atom. The average molecular weight is 380 g/mol. The van der Waals surface area contributed by atoms with Gasteiger partial charge in [0, 0.05) is 5.56 Å². The third kappa shape index (κ3) is 4.54. The lowest BCUT2D eigenvalue weighted by Gasteiger charge is -2.21. The van der Waals surface area contributed by atoms with Crippen LogP contribution in [0.5, 0.6) is 5.75 Å². The molecule has 2 N–H and O–H groups in total. The first-order valence-corrected chi connectivity index (χ1v) is 9.31. The Balaban J connectivity index is 1.89. The fourth-order valence-corrected chi connectivity index (χ4v) is 3.21. The molecule has 27 heavy (non-hydrogen) atoms. The highest BCUT2D eigenvalue weighted by atomic mass is 32.1. The van der Waals surface area contributed by atoms with Gasteiger partial charge >= 0.3 is 0 Å². The molecule has 0 spiro atoms. The van der Waals surface area contributed by atoms with Crippen molar-refractivity contribution in [3.8, 4) is 5.75 Å². The minimum Gasteiger partial charge on any atom is -0.495 e. The Labute approximate surface area is 162 Å². The maximum absolute atomic E-state index is 13.1. The summed E-state index contributed by atoms with van der Waals surface area (Å²) in [4.78, 5) is 26.1. The van der Waals surface area contributed by atoms with E-state index in [9.17, 15) is 9.59 Å². The molecule has 0 aliphatic rings. The summed E-state index contributed by atoms with van der Waals surface area (Å²) in [6, 6.07) is 18.0. The smallest absolute Gasteiger partial charge is 0.263 e. The second kappa shape index (κ2) is 8.51. The van der Waals surface area contributed by atoms with Crippen LogP contribution < -0.4 is 15.4 Å². The molecule has 0 radical (unpaired) electrons. The minimum absolute atomic E-state index is 0.231. The van der Waals surface area contributed by atoms with Crippen molar-refractivity contribution in [3.05, 3.63) is 82.0 Å². The van der Waals surface area contributed by atoms with Gasteiger partial charge < -0.3 is 15.4 Å². The molecule has 1 amide bonds. The lowest BCUT2D eigenvalue weighted by Crippen LogP contribution is -2.46. The summed E-state index contributed by atoms with van der Waals surface area (Å²) in [5.74, 6) is 0.0493. The molecule has 1 heterocycles. The van der Waals surface area contributed by atoms with Gasteiger partial charge in [0.25, 0.3) is 5.91 Å². The predicted octanol–water partition coefficient (Wildman–Crippen LogP) is 4.12. The summed E-state index contributed by atoms with van der Waals surface area (Å²) in [5, 5.41) is 7.71. The van der Waals surface area contributed by atoms with Crippen molar-refractivity contribution in [3.63, 3.8) is 0 Å². The van der Waals surface area contributed by atoms with Crippen LogP contribution in [-0.4, -0.2) is 25.0 Å². The van der Waals surface area contributed by atoms with Crippen molar-refractivity contribution in [1.29, 1.82) is 0 Å². The van der Waals surface area contributed by atoms with Crippen LogP contribution in [-0.2, 0) is 0 Å². The summed E-state index contributed by atoms with van der Waals surface area (Å²) in [6.07, 6.45) is -0.932. The lowest BCUT2D eigenvalue weighted by atomic mass is 10.1. The quantitative estimate of drug-likeness (QED) is 0.478. The molecular weight excluding hydrogens is 360 g/mol. The number of methoxy groups -OCH3 is 1. The molecule has 3 rings (SSSR count). The number of rotatable bonds is 7. The summed E-state index contributed by atoms with van der Waals surface area (Å²) < 4.78 is 5.34. The Hall–Kier alpha value is -3.12. The molecule has 2 aromatic carbocycles. The maximum Gasteiger partial charge on any atom is 0.263 e. The summed E-state index contributed by atoms with van der Waals surface area (Å²) in [6.45, 7) is 1.96. The molecule has 3 aromatic rings. The molecule has 0 bridgehead atoms. The minimum atomic E-state index is -0.932. The summed E-state index contributed by atoms with van der Waals surface area (Å²) in [7, 11) is 1.56. The van der Waals surface area contributed by atoms with Crippen molar-refractivity contribution in [2.45, 2.75) is 13.1 Å². The van der Waals surface area contributed by atoms with Crippen LogP contribution in [0.4, 0.5) is 5.69 Å². The molecule has 0 unspecified atom stereocenters. The van der Waals surface area contributed by atoms with Gasteiger partial charge in [-0.1, -0.05) is 48.0 Å². The molecule has 5 nitrogen and oxygen atoms in total. The van der Waals surface area contributed by atoms with Gasteiger partial charge in [-0.2, -0.15) is 0 Å². The normalized spacial score (nSPS) is 11.5. The number of amides is 1. The number of carbonyl (C=O) groups is 2. The molecule has 0 saturated heterocycles. The molecule has 138 valence electrons. The second-order valence-electron chi connectivity index (χ2n) is 5.96. The fraction of sp³-hybridized carbons (Fsp3) is 0.143. The van der Waals surface area contributed by atoms with Gasteiger partial charge in [-0.15, -0.1) is 11.3 Å². The van der Waals surface area contributed by atoms with Crippen molar-refractivity contribution in [2.24, 2.45) is 0 Å². The van der Waals surface area contributed by atoms with Gasteiger partial charge in [-0.05, 0) is 30.5 Å². The van der Waals surface area contributed by atoms with Gasteiger partial charge in [0.15, 0.2) is 6.17 Å². The van der Waals surface area contributed by atoms with Gasteiger partial charge in [-0.3, -0.25) is 9.59 Å². The van der Waals surface area contributed by atoms with Crippen molar-refractivity contribution in [1.82, 2.24) is 5.32 Å². The van der Waals surface area contributed by atoms with E-state index in [0.717, 1.165) is 5.56 Å². The molecule has 0 fully saturated rings. The van der Waals surface area contributed by atoms with Gasteiger partial charge in [0.05, 0.1) is 17.7 Å². The van der Waals surface area contributed by atoms with Crippen LogP contribution >= 0.6 is 11.3 Å². The first-order chi connectivity index (χ1) is 13.1. The maximum atomic E-state index is 13.1. The number of nitrogens with one attached hydrogen (secondary N) is 2. The topological polar surface area (TPSA) is 67.4 Å². The number of benzene rings is 2. The second-order valence-corrected chi connectivity index (χ2v) is 6.91. The highest BCUT2D eigenvalue weighted by Gasteiger charge is 2.24. The largest absolute Gasteiger partial charge is 0.495 e. The highest BCUT2D eigenvalue weighted by Crippen LogP contribution is 2.24. The third-order valence-electron chi connectivity index (χ3n) is 4.03. The number of carbonyl (C=O) groups excluding carboxylic acids is 2. The van der Waals surface area contributed by atoms with Gasteiger partial charge in [-0.25, -0.2) is 0 Å². The first-order valence-electron chi connectivity index (χ1n) is 8.43. The Bertz CT molecular complexity index is 921. The molecule has 0 aliphatic carbocycles. The van der Waals surface area contributed by atoms with Crippen molar-refractivity contribution in [2.75, 3.05) is 12.4 Å². The first kappa shape index (κ1) is 18.7. The fourth-order valence-electron chi connectivity index (χ4n) is 2.58. The van der Waals surface area contributed by atoms with E-state index in [2.05, 4.69) is 10.6 Å². The number of ketones is 1. The van der Waals surface area contributed by atoms with E-state index in [0.29, 0.717) is 21.9 Å². The van der Waals surface area contributed by atoms with Crippen molar-refractivity contribution >= 4 is 28.7 Å². The van der Waals surface area contributed by atoms with Crippen LogP contribution in [0.2, 0.25) is 0 Å². The molecule has 6 heteroatoms. The monoisotopic (exact) mass is 380 g/mol. The summed E-state index contributed by atoms with van der Waals surface area (Å²) in [5.41, 5.74) is 2.19. The van der Waals surface area contributed by atoms with Crippen LogP contribution in [0.1, 0.15) is 25.6 Å². The van der Waals surface area contributed by atoms with Gasteiger partial charge in [0.1, 0.15) is 5.75 Å². The predicted molar refractivity (Wildman–Crippen MR) is 108 cm³/mol. The number of para-hydroxylation sites is 2. The van der Waals surface area contributed by atoms with E-state index in [1.165, 1.54) is 11.3 Å². The van der Waals surface area contributed by atoms with E-state index in [1.54, 1.807) is 43.5 Å². The molecule has 1 atom stereocenters. The molecule has 0 aliphatic heterocycles. The molecule has 0 saturated carbocycles. The lowest BCUT2D eigenvalue weighted by molar-refractivity contribution is 0.0871. The summed E-state index contributed by atoms with van der Waals surface area (Å²) >= 11 is 1.32. The van der Waals surface area contributed by atoms with Crippen LogP contribution in [0.3, 0.4) is 0 Å². The van der Waals surface area contributed by atoms with E-state index >= 15 is 0 Å². The van der Waals surface area contributed by atoms with Crippen LogP contribution in [0.25, 0.3) is 0 Å². The standard InChI is InChI=1S/C21H20N2O3S/c1-14-9-11-15(12-10-14)19(24)20(23-21(25)18-8-5-13-27-18)22-16-6-3-4-7-17(16)26-2/h3-13,20,22H,1-2H3,(H,23,25)/t20-/m0/s1. The van der Waals surface area contributed by atoms with E-state index < -0.39 is 6.17 Å².